The summed E-state index contributed by atoms with van der Waals surface area (Å²) in [5.74, 6) is 0. The zero-order valence-corrected chi connectivity index (χ0v) is 6.23. The molecule has 12 heavy (non-hydrogen) atoms. The summed E-state index contributed by atoms with van der Waals surface area (Å²) in [4.78, 5) is 3.88. The summed E-state index contributed by atoms with van der Waals surface area (Å²) in [6.45, 7) is 0.553. The van der Waals surface area contributed by atoms with Crippen molar-refractivity contribution in [1.82, 2.24) is 10.1 Å². The molecule has 2 aromatic heterocycles. The van der Waals surface area contributed by atoms with E-state index in [4.69, 9.17) is 4.42 Å². The van der Waals surface area contributed by atoms with Crippen LogP contribution >= 0.6 is 0 Å². The van der Waals surface area contributed by atoms with E-state index in [0.29, 0.717) is 12.6 Å². The predicted molar refractivity (Wildman–Crippen MR) is 40.3 cm³/mol. The summed E-state index contributed by atoms with van der Waals surface area (Å²) in [5.41, 5.74) is 0.813. The number of nitrogens with zero attached hydrogens (tertiary/aromatic N) is 2. The Morgan fingerprint density at radius 2 is 2.42 bits per heavy atom. The minimum Gasteiger partial charge on any atom is -0.432 e. The van der Waals surface area contributed by atoms with Crippen molar-refractivity contribution in [2.75, 3.05) is 5.32 Å². The molecule has 1 N–H and O–H groups in total. The van der Waals surface area contributed by atoms with Crippen LogP contribution < -0.4 is 5.32 Å². The van der Waals surface area contributed by atoms with Gasteiger partial charge in [0.05, 0.1) is 12.7 Å². The molecule has 0 atom stereocenters. The van der Waals surface area contributed by atoms with Crippen LogP contribution in [0.4, 0.5) is 6.01 Å². The van der Waals surface area contributed by atoms with Gasteiger partial charge in [-0.15, -0.1) is 0 Å². The van der Waals surface area contributed by atoms with Crippen molar-refractivity contribution in [2.45, 2.75) is 6.54 Å². The quantitative estimate of drug-likeness (QED) is 0.742. The number of aromatic nitrogens is 2. The van der Waals surface area contributed by atoms with Gasteiger partial charge >= 0.3 is 0 Å². The van der Waals surface area contributed by atoms with Gasteiger partial charge in [0.2, 0.25) is 0 Å². The molecule has 2 rings (SSSR count). The first-order valence-corrected chi connectivity index (χ1v) is 3.48. The highest BCUT2D eigenvalue weighted by atomic mass is 16.5. The monoisotopic (exact) mass is 165 g/mol. The van der Waals surface area contributed by atoms with E-state index in [1.54, 1.807) is 12.3 Å². The number of anilines is 1. The first kappa shape index (κ1) is 6.90. The molecule has 0 aliphatic heterocycles. The van der Waals surface area contributed by atoms with Gasteiger partial charge in [-0.05, 0) is 0 Å². The van der Waals surface area contributed by atoms with Gasteiger partial charge in [-0.3, -0.25) is 0 Å². The maximum absolute atomic E-state index is 4.95. The summed E-state index contributed by atoms with van der Waals surface area (Å²) in [7, 11) is 0. The highest BCUT2D eigenvalue weighted by Crippen LogP contribution is 2.03. The highest BCUT2D eigenvalue weighted by molar-refractivity contribution is 5.19. The van der Waals surface area contributed by atoms with Gasteiger partial charge in [0.25, 0.3) is 6.01 Å². The van der Waals surface area contributed by atoms with Gasteiger partial charge < -0.3 is 14.3 Å². The summed E-state index contributed by atoms with van der Waals surface area (Å²) < 4.78 is 9.59. The van der Waals surface area contributed by atoms with Gasteiger partial charge in [-0.25, -0.2) is 4.98 Å². The second kappa shape index (κ2) is 3.08. The van der Waals surface area contributed by atoms with Crippen LogP contribution in [0.1, 0.15) is 5.69 Å². The third-order valence-corrected chi connectivity index (χ3v) is 1.34. The molecule has 0 fully saturated rings. The van der Waals surface area contributed by atoms with E-state index in [2.05, 4.69) is 20.0 Å². The Morgan fingerprint density at radius 3 is 3.08 bits per heavy atom. The van der Waals surface area contributed by atoms with Gasteiger partial charge in [-0.1, -0.05) is 5.16 Å². The maximum Gasteiger partial charge on any atom is 0.294 e. The Balaban J connectivity index is 1.91. The zero-order chi connectivity index (χ0) is 8.23. The largest absolute Gasteiger partial charge is 0.432 e. The second-order valence-electron chi connectivity index (χ2n) is 2.18. The predicted octanol–water partition coefficient (Wildman–Crippen LogP) is 1.27. The number of nitrogens with one attached hydrogen (secondary N) is 1. The van der Waals surface area contributed by atoms with Crippen molar-refractivity contribution < 1.29 is 8.94 Å². The van der Waals surface area contributed by atoms with Crippen molar-refractivity contribution in [3.63, 3.8) is 0 Å². The molecule has 2 heterocycles. The van der Waals surface area contributed by atoms with Crippen LogP contribution in [0.25, 0.3) is 0 Å². The molecule has 0 aliphatic rings. The Morgan fingerprint density at radius 1 is 1.42 bits per heavy atom. The Bertz CT molecular complexity index is 280. The normalized spacial score (nSPS) is 10.0. The SMILES string of the molecule is c1coc(NCc2ccon2)n1. The molecule has 0 saturated carbocycles. The fraction of sp³-hybridized carbons (Fsp3) is 0.143. The molecule has 62 valence electrons. The summed E-state index contributed by atoms with van der Waals surface area (Å²) in [5, 5.41) is 6.64. The van der Waals surface area contributed by atoms with E-state index in [-0.39, 0.29) is 0 Å². The van der Waals surface area contributed by atoms with Crippen molar-refractivity contribution >= 4 is 6.01 Å². The Labute approximate surface area is 68.4 Å². The smallest absolute Gasteiger partial charge is 0.294 e. The molecular weight excluding hydrogens is 158 g/mol. The fourth-order valence-electron chi connectivity index (χ4n) is 0.806. The summed E-state index contributed by atoms with van der Waals surface area (Å²) >= 11 is 0. The van der Waals surface area contributed by atoms with Crippen LogP contribution in [0.5, 0.6) is 0 Å². The molecule has 0 spiro atoms. The maximum atomic E-state index is 4.95. The number of hydrogen-bond acceptors (Lipinski definition) is 5. The van der Waals surface area contributed by atoms with E-state index in [1.165, 1.54) is 12.5 Å². The third kappa shape index (κ3) is 1.45. The van der Waals surface area contributed by atoms with Crippen LogP contribution in [-0.4, -0.2) is 10.1 Å². The lowest BCUT2D eigenvalue weighted by molar-refractivity contribution is 0.412. The van der Waals surface area contributed by atoms with Crippen LogP contribution in [-0.2, 0) is 6.54 Å². The highest BCUT2D eigenvalue weighted by Gasteiger charge is 1.98. The lowest BCUT2D eigenvalue weighted by Gasteiger charge is -1.95. The molecule has 2 aromatic rings. The molecule has 0 aromatic carbocycles. The van der Waals surface area contributed by atoms with Crippen molar-refractivity contribution in [2.24, 2.45) is 0 Å². The third-order valence-electron chi connectivity index (χ3n) is 1.34. The van der Waals surface area contributed by atoms with E-state index < -0.39 is 0 Å². The average molecular weight is 165 g/mol. The summed E-state index contributed by atoms with van der Waals surface area (Å²) in [6.07, 6.45) is 4.60. The first-order chi connectivity index (χ1) is 5.95. The Kier molecular flexibility index (Phi) is 1.77. The number of rotatable bonds is 3. The molecule has 0 amide bonds. The molecule has 5 heteroatoms. The zero-order valence-electron chi connectivity index (χ0n) is 6.23. The standard InChI is InChI=1S/C7H7N3O2/c1-3-12-10-6(1)5-9-7-8-2-4-11-7/h1-4H,5H2,(H,8,9). The molecule has 0 unspecified atom stereocenters. The summed E-state index contributed by atoms with van der Waals surface area (Å²) in [6, 6.07) is 2.26. The number of hydrogen-bond donors (Lipinski definition) is 1. The van der Waals surface area contributed by atoms with Crippen LogP contribution in [0.15, 0.2) is 33.7 Å². The topological polar surface area (TPSA) is 64.1 Å². The minimum absolute atomic E-state index is 0.484. The first-order valence-electron chi connectivity index (χ1n) is 3.48. The molecule has 0 bridgehead atoms. The van der Waals surface area contributed by atoms with Crippen molar-refractivity contribution in [1.29, 1.82) is 0 Å². The van der Waals surface area contributed by atoms with Crippen LogP contribution in [0.3, 0.4) is 0 Å². The fourth-order valence-corrected chi connectivity index (χ4v) is 0.806. The number of oxazole rings is 1. The van der Waals surface area contributed by atoms with Gasteiger partial charge in [0.15, 0.2) is 0 Å². The van der Waals surface area contributed by atoms with E-state index in [0.717, 1.165) is 5.69 Å². The minimum atomic E-state index is 0.484. The molecule has 0 aliphatic carbocycles. The Hall–Kier alpha value is -1.78. The van der Waals surface area contributed by atoms with Crippen LogP contribution in [0, 0.1) is 0 Å². The molecule has 0 saturated heterocycles. The lowest BCUT2D eigenvalue weighted by Crippen LogP contribution is -1.99. The van der Waals surface area contributed by atoms with Gasteiger partial charge in [0, 0.05) is 6.07 Å². The molecular formula is C7H7N3O2. The molecule has 5 nitrogen and oxygen atoms in total. The lowest BCUT2D eigenvalue weighted by atomic mass is 10.4. The van der Waals surface area contributed by atoms with Gasteiger partial charge in [0.1, 0.15) is 18.2 Å². The van der Waals surface area contributed by atoms with Crippen molar-refractivity contribution in [3.05, 3.63) is 30.5 Å². The second-order valence-corrected chi connectivity index (χ2v) is 2.18. The van der Waals surface area contributed by atoms with Crippen LogP contribution in [0.2, 0.25) is 0 Å². The van der Waals surface area contributed by atoms with Crippen molar-refractivity contribution in [3.8, 4) is 0 Å². The average Bonchev–Trinajstić information content (AvgIpc) is 2.74. The van der Waals surface area contributed by atoms with E-state index in [1.807, 2.05) is 0 Å². The van der Waals surface area contributed by atoms with Gasteiger partial charge in [-0.2, -0.15) is 0 Å². The van der Waals surface area contributed by atoms with E-state index in [9.17, 15) is 0 Å². The van der Waals surface area contributed by atoms with E-state index >= 15 is 0 Å². The molecule has 0 radical (unpaired) electrons.